The summed E-state index contributed by atoms with van der Waals surface area (Å²) in [5.41, 5.74) is 0.724. The van der Waals surface area contributed by atoms with Crippen molar-refractivity contribution in [1.82, 2.24) is 0 Å². The van der Waals surface area contributed by atoms with Gasteiger partial charge in [0, 0.05) is 24.6 Å². The average Bonchev–Trinajstić information content (AvgIpc) is 2.73. The number of fused-ring (bicyclic) bond motifs is 2. The summed E-state index contributed by atoms with van der Waals surface area (Å²) < 4.78 is 5.30. The average molecular weight is 229 g/mol. The molecule has 1 aromatic carbocycles. The van der Waals surface area contributed by atoms with E-state index in [1.54, 1.807) is 7.05 Å². The smallest absolute Gasteiger partial charge is 0.335 e. The molecule has 1 amide bonds. The number of rotatable bonds is 0. The molecule has 0 bridgehead atoms. The zero-order chi connectivity index (χ0) is 12.2. The van der Waals surface area contributed by atoms with Gasteiger partial charge in [0.1, 0.15) is 0 Å². The van der Waals surface area contributed by atoms with Crippen LogP contribution >= 0.6 is 0 Å². The summed E-state index contributed by atoms with van der Waals surface area (Å²) >= 11 is 0. The lowest BCUT2D eigenvalue weighted by Crippen LogP contribution is -2.38. The van der Waals surface area contributed by atoms with Gasteiger partial charge >= 0.3 is 5.97 Å². The quantitative estimate of drug-likeness (QED) is 0.498. The first-order valence-electron chi connectivity index (χ1n) is 5.35. The van der Waals surface area contributed by atoms with Crippen LogP contribution in [-0.4, -0.2) is 18.9 Å². The van der Waals surface area contributed by atoms with Crippen LogP contribution in [0.25, 0.3) is 0 Å². The minimum absolute atomic E-state index is 0.203. The largest absolute Gasteiger partial charge is 0.440 e. The van der Waals surface area contributed by atoms with Gasteiger partial charge in [-0.05, 0) is 6.07 Å². The third-order valence-corrected chi connectivity index (χ3v) is 3.37. The van der Waals surface area contributed by atoms with Crippen LogP contribution in [0.15, 0.2) is 36.4 Å². The van der Waals surface area contributed by atoms with E-state index in [9.17, 15) is 9.59 Å². The number of carbonyl (C=O) groups excluding carboxylic acids is 2. The van der Waals surface area contributed by atoms with Gasteiger partial charge in [0.25, 0.3) is 5.91 Å². The number of anilines is 1. The molecule has 1 spiro atoms. The highest BCUT2D eigenvalue weighted by Gasteiger charge is 2.57. The van der Waals surface area contributed by atoms with Gasteiger partial charge in [-0.25, -0.2) is 4.79 Å². The van der Waals surface area contributed by atoms with Crippen molar-refractivity contribution in [3.8, 4) is 0 Å². The molecule has 1 fully saturated rings. The summed E-state index contributed by atoms with van der Waals surface area (Å²) in [5.74, 6) is -0.686. The molecule has 2 aliphatic rings. The summed E-state index contributed by atoms with van der Waals surface area (Å²) in [6.45, 7) is 3.64. The molecule has 1 unspecified atom stereocenters. The predicted octanol–water partition coefficient (Wildman–Crippen LogP) is 1.36. The maximum atomic E-state index is 12.3. The van der Waals surface area contributed by atoms with Crippen LogP contribution in [0.1, 0.15) is 12.0 Å². The molecule has 1 atom stereocenters. The lowest BCUT2D eigenvalue weighted by molar-refractivity contribution is -0.156. The molecule has 4 heteroatoms. The molecule has 2 heterocycles. The number of carbonyl (C=O) groups is 2. The summed E-state index contributed by atoms with van der Waals surface area (Å²) in [6, 6.07) is 7.36. The Bertz CT molecular complexity index is 546. The Morgan fingerprint density at radius 1 is 1.35 bits per heavy atom. The fourth-order valence-corrected chi connectivity index (χ4v) is 2.51. The topological polar surface area (TPSA) is 46.6 Å². The zero-order valence-electron chi connectivity index (χ0n) is 9.40. The molecular weight excluding hydrogens is 218 g/mol. The van der Waals surface area contributed by atoms with E-state index in [4.69, 9.17) is 4.74 Å². The Morgan fingerprint density at radius 3 is 2.71 bits per heavy atom. The second kappa shape index (κ2) is 2.97. The Morgan fingerprint density at radius 2 is 2.06 bits per heavy atom. The number of para-hydroxylation sites is 1. The highest BCUT2D eigenvalue weighted by Crippen LogP contribution is 2.48. The van der Waals surface area contributed by atoms with Gasteiger partial charge in [0.05, 0.1) is 5.69 Å². The minimum atomic E-state index is -1.17. The van der Waals surface area contributed by atoms with Crippen LogP contribution in [0.5, 0.6) is 0 Å². The molecule has 0 saturated carbocycles. The number of likely N-dealkylation sites (N-methyl/N-ethyl adjacent to an activating group) is 1. The van der Waals surface area contributed by atoms with Gasteiger partial charge in [0.2, 0.25) is 5.60 Å². The van der Waals surface area contributed by atoms with E-state index < -0.39 is 11.6 Å². The molecule has 1 saturated heterocycles. The van der Waals surface area contributed by atoms with Crippen molar-refractivity contribution in [1.29, 1.82) is 0 Å². The van der Waals surface area contributed by atoms with E-state index in [1.165, 1.54) is 4.90 Å². The Balaban J connectivity index is 2.23. The number of hydrogen-bond acceptors (Lipinski definition) is 3. The van der Waals surface area contributed by atoms with Gasteiger partial charge < -0.3 is 9.64 Å². The molecule has 3 rings (SSSR count). The number of nitrogens with zero attached hydrogens (tertiary/aromatic N) is 1. The van der Waals surface area contributed by atoms with Gasteiger partial charge in [-0.1, -0.05) is 24.8 Å². The lowest BCUT2D eigenvalue weighted by Gasteiger charge is -2.20. The molecule has 1 aromatic rings. The number of ether oxygens (including phenoxy) is 1. The zero-order valence-corrected chi connectivity index (χ0v) is 9.40. The van der Waals surface area contributed by atoms with E-state index in [0.29, 0.717) is 5.57 Å². The third kappa shape index (κ3) is 1.07. The van der Waals surface area contributed by atoms with Crippen molar-refractivity contribution in [2.75, 3.05) is 11.9 Å². The van der Waals surface area contributed by atoms with Gasteiger partial charge in [0.15, 0.2) is 0 Å². The van der Waals surface area contributed by atoms with Gasteiger partial charge in [-0.15, -0.1) is 0 Å². The fourth-order valence-electron chi connectivity index (χ4n) is 2.51. The molecular formula is C13H11NO3. The van der Waals surface area contributed by atoms with Crippen molar-refractivity contribution in [3.63, 3.8) is 0 Å². The minimum Gasteiger partial charge on any atom is -0.440 e. The SMILES string of the molecule is C=C1CC2(OC1=O)C(=O)N(C)c1ccccc12. The number of benzene rings is 1. The second-order valence-electron chi connectivity index (χ2n) is 4.38. The van der Waals surface area contributed by atoms with E-state index in [0.717, 1.165) is 11.3 Å². The van der Waals surface area contributed by atoms with Crippen LogP contribution in [0.2, 0.25) is 0 Å². The number of hydrogen-bond donors (Lipinski definition) is 0. The van der Waals surface area contributed by atoms with Gasteiger partial charge in [-0.3, -0.25) is 4.79 Å². The highest BCUT2D eigenvalue weighted by atomic mass is 16.6. The van der Waals surface area contributed by atoms with Crippen LogP contribution < -0.4 is 4.90 Å². The maximum Gasteiger partial charge on any atom is 0.335 e. The fraction of sp³-hybridized carbons (Fsp3) is 0.231. The number of amides is 1. The van der Waals surface area contributed by atoms with E-state index >= 15 is 0 Å². The number of esters is 1. The molecule has 0 radical (unpaired) electrons. The first-order valence-corrected chi connectivity index (χ1v) is 5.35. The normalized spacial score (nSPS) is 26.6. The first-order chi connectivity index (χ1) is 8.06. The van der Waals surface area contributed by atoms with Crippen LogP contribution in [-0.2, 0) is 19.9 Å². The van der Waals surface area contributed by atoms with Crippen molar-refractivity contribution in [2.24, 2.45) is 0 Å². The monoisotopic (exact) mass is 229 g/mol. The molecule has 86 valence electrons. The van der Waals surface area contributed by atoms with Crippen LogP contribution in [0.3, 0.4) is 0 Å². The van der Waals surface area contributed by atoms with E-state index in [2.05, 4.69) is 6.58 Å². The summed E-state index contributed by atoms with van der Waals surface area (Å²) in [4.78, 5) is 25.3. The van der Waals surface area contributed by atoms with E-state index in [1.807, 2.05) is 24.3 Å². The van der Waals surface area contributed by atoms with Crippen LogP contribution in [0.4, 0.5) is 5.69 Å². The van der Waals surface area contributed by atoms with Crippen molar-refractivity contribution in [2.45, 2.75) is 12.0 Å². The van der Waals surface area contributed by atoms with Gasteiger partial charge in [-0.2, -0.15) is 0 Å². The molecule has 17 heavy (non-hydrogen) atoms. The summed E-state index contributed by atoms with van der Waals surface area (Å²) in [6.07, 6.45) is 0.242. The standard InChI is InChI=1S/C13H11NO3/c1-8-7-13(17-11(8)15)9-5-3-4-6-10(9)14(2)12(13)16/h3-6H,1,7H2,2H3. The summed E-state index contributed by atoms with van der Waals surface area (Å²) in [7, 11) is 1.69. The van der Waals surface area contributed by atoms with Crippen LogP contribution in [0, 0.1) is 0 Å². The van der Waals surface area contributed by atoms with Crippen molar-refractivity contribution < 1.29 is 14.3 Å². The van der Waals surface area contributed by atoms with Crippen molar-refractivity contribution >= 4 is 17.6 Å². The second-order valence-corrected chi connectivity index (χ2v) is 4.38. The Labute approximate surface area is 98.5 Å². The molecule has 2 aliphatic heterocycles. The highest BCUT2D eigenvalue weighted by molar-refractivity contribution is 6.10. The molecule has 0 N–H and O–H groups in total. The third-order valence-electron chi connectivity index (χ3n) is 3.37. The lowest BCUT2D eigenvalue weighted by atomic mass is 9.91. The van der Waals surface area contributed by atoms with Crippen molar-refractivity contribution in [3.05, 3.63) is 42.0 Å². The summed E-state index contributed by atoms with van der Waals surface area (Å²) in [5, 5.41) is 0. The molecule has 0 aliphatic carbocycles. The molecule has 0 aromatic heterocycles. The first kappa shape index (κ1) is 10.1. The maximum absolute atomic E-state index is 12.3. The predicted molar refractivity (Wildman–Crippen MR) is 61.4 cm³/mol. The Kier molecular flexibility index (Phi) is 1.76. The van der Waals surface area contributed by atoms with E-state index in [-0.39, 0.29) is 12.3 Å². The molecule has 4 nitrogen and oxygen atoms in total. The Hall–Kier alpha value is -2.10.